The van der Waals surface area contributed by atoms with Crippen LogP contribution in [0.2, 0.25) is 0 Å². The highest BCUT2D eigenvalue weighted by Gasteiger charge is 2.15. The van der Waals surface area contributed by atoms with E-state index in [-0.39, 0.29) is 0 Å². The van der Waals surface area contributed by atoms with Gasteiger partial charge in [0.1, 0.15) is 11.5 Å². The van der Waals surface area contributed by atoms with Crippen LogP contribution in [0.3, 0.4) is 0 Å². The number of aromatic nitrogens is 4. The van der Waals surface area contributed by atoms with Crippen molar-refractivity contribution in [3.8, 4) is 28.6 Å². The molecule has 26 heavy (non-hydrogen) atoms. The van der Waals surface area contributed by atoms with Crippen molar-refractivity contribution in [1.82, 2.24) is 19.7 Å². The molecule has 0 saturated carbocycles. The molecule has 0 bridgehead atoms. The Bertz CT molecular complexity index is 1120. The lowest BCUT2D eigenvalue weighted by Crippen LogP contribution is -2.00. The summed E-state index contributed by atoms with van der Waals surface area (Å²) in [6.45, 7) is 0. The Morgan fingerprint density at radius 1 is 1.00 bits per heavy atom. The standard InChI is InChI=1S/C19H16N4O2S/c1-24-13-9-12(10-14(11-13)25-2)18-21-22-19(26)23(18)17-7-3-6-16-15(17)5-4-8-20-16/h3-11H,1-2H3,(H,22,26). The maximum Gasteiger partial charge on any atom is 0.200 e. The summed E-state index contributed by atoms with van der Waals surface area (Å²) in [5.41, 5.74) is 2.63. The Hall–Kier alpha value is -3.19. The average molecular weight is 364 g/mol. The van der Waals surface area contributed by atoms with Crippen LogP contribution in [0.4, 0.5) is 0 Å². The molecular weight excluding hydrogens is 348 g/mol. The molecule has 6 nitrogen and oxygen atoms in total. The topological polar surface area (TPSA) is 65.0 Å². The minimum atomic E-state index is 0.498. The highest BCUT2D eigenvalue weighted by atomic mass is 32.1. The van der Waals surface area contributed by atoms with E-state index in [1.54, 1.807) is 20.4 Å². The molecule has 0 fully saturated rings. The molecule has 4 rings (SSSR count). The van der Waals surface area contributed by atoms with Gasteiger partial charge in [0, 0.05) is 23.2 Å². The lowest BCUT2D eigenvalue weighted by molar-refractivity contribution is 0.394. The Kier molecular flexibility index (Phi) is 4.14. The zero-order chi connectivity index (χ0) is 18.1. The molecule has 1 N–H and O–H groups in total. The smallest absolute Gasteiger partial charge is 0.200 e. The number of hydrogen-bond donors (Lipinski definition) is 1. The summed E-state index contributed by atoms with van der Waals surface area (Å²) < 4.78 is 13.2. The number of methoxy groups -OCH3 is 2. The van der Waals surface area contributed by atoms with Gasteiger partial charge in [-0.1, -0.05) is 6.07 Å². The third-order valence-corrected chi connectivity index (χ3v) is 4.42. The molecule has 0 saturated heterocycles. The number of hydrogen-bond acceptors (Lipinski definition) is 5. The fourth-order valence-electron chi connectivity index (χ4n) is 2.93. The van der Waals surface area contributed by atoms with E-state index in [2.05, 4.69) is 15.2 Å². The van der Waals surface area contributed by atoms with Gasteiger partial charge in [0.2, 0.25) is 0 Å². The summed E-state index contributed by atoms with van der Waals surface area (Å²) >= 11 is 5.50. The van der Waals surface area contributed by atoms with Gasteiger partial charge in [0.05, 0.1) is 25.4 Å². The summed E-state index contributed by atoms with van der Waals surface area (Å²) in [5.74, 6) is 2.03. The number of nitrogens with zero attached hydrogens (tertiary/aromatic N) is 3. The Balaban J connectivity index is 1.99. The van der Waals surface area contributed by atoms with Crippen molar-refractivity contribution in [2.75, 3.05) is 14.2 Å². The van der Waals surface area contributed by atoms with Crippen LogP contribution in [-0.4, -0.2) is 34.0 Å². The molecule has 2 heterocycles. The average Bonchev–Trinajstić information content (AvgIpc) is 3.08. The van der Waals surface area contributed by atoms with Gasteiger partial charge in [-0.15, -0.1) is 0 Å². The number of ether oxygens (including phenoxy) is 2. The van der Waals surface area contributed by atoms with E-state index in [0.29, 0.717) is 22.1 Å². The maximum absolute atomic E-state index is 5.50. The second-order valence-electron chi connectivity index (χ2n) is 5.64. The normalized spacial score (nSPS) is 10.8. The van der Waals surface area contributed by atoms with E-state index in [0.717, 1.165) is 22.2 Å². The molecule has 0 spiro atoms. The van der Waals surface area contributed by atoms with E-state index in [1.165, 1.54) is 0 Å². The predicted octanol–water partition coefficient (Wildman–Crippen LogP) is 4.16. The molecule has 0 radical (unpaired) electrons. The van der Waals surface area contributed by atoms with Crippen molar-refractivity contribution in [3.05, 3.63) is 59.5 Å². The van der Waals surface area contributed by atoms with E-state index < -0.39 is 0 Å². The van der Waals surface area contributed by atoms with Crippen molar-refractivity contribution in [2.24, 2.45) is 0 Å². The highest BCUT2D eigenvalue weighted by Crippen LogP contribution is 2.31. The lowest BCUT2D eigenvalue weighted by atomic mass is 10.1. The van der Waals surface area contributed by atoms with E-state index in [4.69, 9.17) is 21.7 Å². The molecule has 0 atom stereocenters. The monoisotopic (exact) mass is 364 g/mol. The quantitative estimate of drug-likeness (QED) is 0.551. The van der Waals surface area contributed by atoms with Crippen molar-refractivity contribution >= 4 is 23.1 Å². The Morgan fingerprint density at radius 3 is 2.50 bits per heavy atom. The SMILES string of the molecule is COc1cc(OC)cc(-c2n[nH]c(=S)n2-c2cccc3ncccc23)c1. The largest absolute Gasteiger partial charge is 0.497 e. The predicted molar refractivity (Wildman–Crippen MR) is 103 cm³/mol. The number of H-pyrrole nitrogens is 1. The van der Waals surface area contributed by atoms with Crippen LogP contribution < -0.4 is 9.47 Å². The Labute approximate surface area is 155 Å². The van der Waals surface area contributed by atoms with Gasteiger partial charge in [-0.2, -0.15) is 5.10 Å². The molecule has 2 aromatic heterocycles. The van der Waals surface area contributed by atoms with Gasteiger partial charge in [-0.3, -0.25) is 14.6 Å². The van der Waals surface area contributed by atoms with Crippen molar-refractivity contribution in [1.29, 1.82) is 0 Å². The summed E-state index contributed by atoms with van der Waals surface area (Å²) in [4.78, 5) is 4.42. The molecule has 4 aromatic rings. The number of pyridine rings is 1. The second-order valence-corrected chi connectivity index (χ2v) is 6.02. The second kappa shape index (κ2) is 6.61. The summed E-state index contributed by atoms with van der Waals surface area (Å²) in [7, 11) is 3.23. The number of fused-ring (bicyclic) bond motifs is 1. The summed E-state index contributed by atoms with van der Waals surface area (Å²) in [6.07, 6.45) is 1.77. The van der Waals surface area contributed by atoms with Gasteiger partial charge in [0.15, 0.2) is 10.6 Å². The van der Waals surface area contributed by atoms with Crippen LogP contribution >= 0.6 is 12.2 Å². The third kappa shape index (κ3) is 2.72. The first-order valence-electron chi connectivity index (χ1n) is 7.96. The van der Waals surface area contributed by atoms with Crippen molar-refractivity contribution in [3.63, 3.8) is 0 Å². The minimum Gasteiger partial charge on any atom is -0.497 e. The zero-order valence-corrected chi connectivity index (χ0v) is 15.1. The first-order chi connectivity index (χ1) is 12.7. The summed E-state index contributed by atoms with van der Waals surface area (Å²) in [5, 5.41) is 8.31. The number of nitrogens with one attached hydrogen (secondary N) is 1. The van der Waals surface area contributed by atoms with Crippen molar-refractivity contribution in [2.45, 2.75) is 0 Å². The molecule has 0 aliphatic rings. The van der Waals surface area contributed by atoms with Gasteiger partial charge in [-0.05, 0) is 48.6 Å². The van der Waals surface area contributed by atoms with Crippen LogP contribution in [0.25, 0.3) is 28.0 Å². The van der Waals surface area contributed by atoms with Crippen LogP contribution in [0.5, 0.6) is 11.5 Å². The van der Waals surface area contributed by atoms with Gasteiger partial charge < -0.3 is 9.47 Å². The minimum absolute atomic E-state index is 0.498. The van der Waals surface area contributed by atoms with Gasteiger partial charge in [0.25, 0.3) is 0 Å². The number of aromatic amines is 1. The Morgan fingerprint density at radius 2 is 1.77 bits per heavy atom. The molecular formula is C19H16N4O2S. The molecule has 0 aliphatic heterocycles. The van der Waals surface area contributed by atoms with E-state index in [9.17, 15) is 0 Å². The first-order valence-corrected chi connectivity index (χ1v) is 8.37. The molecule has 7 heteroatoms. The summed E-state index contributed by atoms with van der Waals surface area (Å²) in [6, 6.07) is 15.5. The third-order valence-electron chi connectivity index (χ3n) is 4.15. The van der Waals surface area contributed by atoms with Crippen LogP contribution in [0.15, 0.2) is 54.7 Å². The van der Waals surface area contributed by atoms with Crippen molar-refractivity contribution < 1.29 is 9.47 Å². The van der Waals surface area contributed by atoms with Crippen LogP contribution in [0.1, 0.15) is 0 Å². The van der Waals surface area contributed by atoms with Crippen LogP contribution in [-0.2, 0) is 0 Å². The fraction of sp³-hybridized carbons (Fsp3) is 0.105. The zero-order valence-electron chi connectivity index (χ0n) is 14.3. The van der Waals surface area contributed by atoms with E-state index >= 15 is 0 Å². The van der Waals surface area contributed by atoms with Gasteiger partial charge >= 0.3 is 0 Å². The fourth-order valence-corrected chi connectivity index (χ4v) is 3.16. The number of rotatable bonds is 4. The molecule has 130 valence electrons. The van der Waals surface area contributed by atoms with Crippen LogP contribution in [0, 0.1) is 4.77 Å². The van der Waals surface area contributed by atoms with Gasteiger partial charge in [-0.25, -0.2) is 0 Å². The number of benzene rings is 2. The molecule has 0 amide bonds. The highest BCUT2D eigenvalue weighted by molar-refractivity contribution is 7.71. The lowest BCUT2D eigenvalue weighted by Gasteiger charge is -2.12. The maximum atomic E-state index is 5.50. The molecule has 0 aliphatic carbocycles. The molecule has 0 unspecified atom stereocenters. The van der Waals surface area contributed by atoms with E-state index in [1.807, 2.05) is 53.1 Å². The molecule has 2 aromatic carbocycles. The first kappa shape index (κ1) is 16.3.